The Labute approximate surface area is 127 Å². The summed E-state index contributed by atoms with van der Waals surface area (Å²) < 4.78 is 25.1. The molecule has 1 amide bonds. The molecule has 0 bridgehead atoms. The highest BCUT2D eigenvalue weighted by Gasteiger charge is 2.17. The summed E-state index contributed by atoms with van der Waals surface area (Å²) in [5.41, 5.74) is 2.03. The molecule has 1 rings (SSSR count). The molecule has 6 heteroatoms. The van der Waals surface area contributed by atoms with Crippen molar-refractivity contribution in [3.63, 3.8) is 0 Å². The van der Waals surface area contributed by atoms with Gasteiger partial charge in [-0.05, 0) is 12.5 Å². The molecule has 0 saturated heterocycles. The van der Waals surface area contributed by atoms with Crippen LogP contribution in [0.2, 0.25) is 0 Å². The van der Waals surface area contributed by atoms with Crippen molar-refractivity contribution in [2.24, 2.45) is 5.92 Å². The van der Waals surface area contributed by atoms with Gasteiger partial charge in [0.15, 0.2) is 0 Å². The van der Waals surface area contributed by atoms with Gasteiger partial charge in [-0.2, -0.15) is 4.31 Å². The smallest absolute Gasteiger partial charge is 0.222 e. The Morgan fingerprint density at radius 3 is 2.52 bits per heavy atom. The molecule has 1 aromatic rings. The Hall–Kier alpha value is -1.40. The summed E-state index contributed by atoms with van der Waals surface area (Å²) in [4.78, 5) is 11.5. The molecular formula is C15H24N2O3S. The molecular weight excluding hydrogens is 288 g/mol. The highest BCUT2D eigenvalue weighted by Crippen LogP contribution is 2.10. The fourth-order valence-electron chi connectivity index (χ4n) is 1.88. The molecule has 1 aromatic carbocycles. The largest absolute Gasteiger partial charge is 0.355 e. The van der Waals surface area contributed by atoms with E-state index in [1.165, 1.54) is 10.6 Å². The number of sulfonamides is 1. The Kier molecular flexibility index (Phi) is 6.36. The van der Waals surface area contributed by atoms with Crippen molar-refractivity contribution in [2.75, 3.05) is 19.3 Å². The number of aryl methyl sites for hydroxylation is 1. The molecule has 0 spiro atoms. The fourth-order valence-corrected chi connectivity index (χ4v) is 2.69. The van der Waals surface area contributed by atoms with Crippen LogP contribution in [-0.4, -0.2) is 38.0 Å². The van der Waals surface area contributed by atoms with Crippen molar-refractivity contribution < 1.29 is 13.2 Å². The van der Waals surface area contributed by atoms with Gasteiger partial charge < -0.3 is 5.32 Å². The topological polar surface area (TPSA) is 66.5 Å². The van der Waals surface area contributed by atoms with Crippen molar-refractivity contribution in [3.05, 3.63) is 35.4 Å². The van der Waals surface area contributed by atoms with E-state index >= 15 is 0 Å². The average Bonchev–Trinajstić information content (AvgIpc) is 2.36. The van der Waals surface area contributed by atoms with Crippen LogP contribution in [0.3, 0.4) is 0 Å². The van der Waals surface area contributed by atoms with Crippen molar-refractivity contribution in [1.29, 1.82) is 0 Å². The Morgan fingerprint density at radius 2 is 2.00 bits per heavy atom. The number of nitrogens with one attached hydrogen (secondary N) is 1. The Bertz CT molecular complexity index is 582. The maximum absolute atomic E-state index is 11.8. The molecule has 0 radical (unpaired) electrons. The molecule has 0 atom stereocenters. The second-order valence-electron chi connectivity index (χ2n) is 5.53. The maximum atomic E-state index is 11.8. The average molecular weight is 312 g/mol. The molecule has 118 valence electrons. The van der Waals surface area contributed by atoms with Gasteiger partial charge >= 0.3 is 0 Å². The molecule has 0 aliphatic rings. The zero-order chi connectivity index (χ0) is 16.0. The van der Waals surface area contributed by atoms with Crippen LogP contribution in [0.1, 0.15) is 25.0 Å². The predicted molar refractivity (Wildman–Crippen MR) is 84.3 cm³/mol. The van der Waals surface area contributed by atoms with Gasteiger partial charge in [-0.25, -0.2) is 8.42 Å². The third-order valence-electron chi connectivity index (χ3n) is 3.10. The normalized spacial score (nSPS) is 11.9. The van der Waals surface area contributed by atoms with Crippen LogP contribution in [0, 0.1) is 12.8 Å². The highest BCUT2D eigenvalue weighted by atomic mass is 32.2. The number of hydrogen-bond donors (Lipinski definition) is 1. The summed E-state index contributed by atoms with van der Waals surface area (Å²) in [5.74, 6) is -0.174. The second-order valence-corrected chi connectivity index (χ2v) is 7.51. The van der Waals surface area contributed by atoms with Gasteiger partial charge in [-0.1, -0.05) is 43.7 Å². The Balaban J connectivity index is 2.68. The van der Waals surface area contributed by atoms with Crippen molar-refractivity contribution >= 4 is 15.9 Å². The van der Waals surface area contributed by atoms with E-state index in [4.69, 9.17) is 0 Å². The first-order valence-electron chi connectivity index (χ1n) is 6.98. The van der Waals surface area contributed by atoms with Crippen molar-refractivity contribution in [3.8, 4) is 0 Å². The number of rotatable bonds is 7. The van der Waals surface area contributed by atoms with Crippen LogP contribution in [0.15, 0.2) is 24.3 Å². The van der Waals surface area contributed by atoms with Crippen molar-refractivity contribution in [1.82, 2.24) is 9.62 Å². The first-order valence-corrected chi connectivity index (χ1v) is 8.83. The lowest BCUT2D eigenvalue weighted by atomic mass is 10.1. The van der Waals surface area contributed by atoms with Crippen LogP contribution in [-0.2, 0) is 21.4 Å². The first kappa shape index (κ1) is 17.7. The summed E-state index contributed by atoms with van der Waals surface area (Å²) in [7, 11) is -3.31. The highest BCUT2D eigenvalue weighted by molar-refractivity contribution is 7.88. The molecule has 21 heavy (non-hydrogen) atoms. The quantitative estimate of drug-likeness (QED) is 0.830. The van der Waals surface area contributed by atoms with Crippen LogP contribution in [0.5, 0.6) is 0 Å². The molecule has 1 N–H and O–H groups in total. The monoisotopic (exact) mass is 312 g/mol. The Morgan fingerprint density at radius 1 is 1.33 bits per heavy atom. The summed E-state index contributed by atoms with van der Waals surface area (Å²) in [6.07, 6.45) is 1.19. The molecule has 0 heterocycles. The molecule has 0 saturated carbocycles. The van der Waals surface area contributed by atoms with E-state index in [1.807, 2.05) is 31.2 Å². The van der Waals surface area contributed by atoms with E-state index < -0.39 is 10.0 Å². The second kappa shape index (κ2) is 7.56. The number of carbonyl (C=O) groups excluding carboxylic acids is 1. The van der Waals surface area contributed by atoms with E-state index in [9.17, 15) is 13.2 Å². The van der Waals surface area contributed by atoms with Gasteiger partial charge in [-0.3, -0.25) is 4.79 Å². The molecule has 0 aliphatic carbocycles. The summed E-state index contributed by atoms with van der Waals surface area (Å²) in [6, 6.07) is 7.74. The summed E-state index contributed by atoms with van der Waals surface area (Å²) in [5, 5.41) is 2.74. The third-order valence-corrected chi connectivity index (χ3v) is 4.34. The minimum absolute atomic E-state index is 0.0704. The standard InChI is InChI=1S/C15H24N2O3S/c1-12(2)15(18)16-8-9-17(21(4,19)20)11-14-7-5-6-13(3)10-14/h5-7,10,12H,8-9,11H2,1-4H3,(H,16,18). The van der Waals surface area contributed by atoms with E-state index in [0.29, 0.717) is 13.1 Å². The number of carbonyl (C=O) groups is 1. The maximum Gasteiger partial charge on any atom is 0.222 e. The third kappa shape index (κ3) is 6.27. The van der Waals surface area contributed by atoms with E-state index in [-0.39, 0.29) is 18.4 Å². The molecule has 0 fully saturated rings. The van der Waals surface area contributed by atoms with Crippen LogP contribution in [0.25, 0.3) is 0 Å². The summed E-state index contributed by atoms with van der Waals surface area (Å²) in [6.45, 7) is 6.48. The van der Waals surface area contributed by atoms with Gasteiger partial charge in [-0.15, -0.1) is 0 Å². The fraction of sp³-hybridized carbons (Fsp3) is 0.533. The van der Waals surface area contributed by atoms with E-state index in [1.54, 1.807) is 13.8 Å². The van der Waals surface area contributed by atoms with Gasteiger partial charge in [0.2, 0.25) is 15.9 Å². The SMILES string of the molecule is Cc1cccc(CN(CCNC(=O)C(C)C)S(C)(=O)=O)c1. The van der Waals surface area contributed by atoms with Crippen molar-refractivity contribution in [2.45, 2.75) is 27.3 Å². The lowest BCUT2D eigenvalue weighted by Crippen LogP contribution is -2.38. The number of amides is 1. The summed E-state index contributed by atoms with van der Waals surface area (Å²) >= 11 is 0. The number of benzene rings is 1. The van der Waals surface area contributed by atoms with E-state index in [2.05, 4.69) is 5.32 Å². The minimum Gasteiger partial charge on any atom is -0.355 e. The van der Waals surface area contributed by atoms with Crippen LogP contribution >= 0.6 is 0 Å². The molecule has 0 unspecified atom stereocenters. The van der Waals surface area contributed by atoms with Gasteiger partial charge in [0.25, 0.3) is 0 Å². The van der Waals surface area contributed by atoms with Crippen LogP contribution < -0.4 is 5.32 Å². The van der Waals surface area contributed by atoms with Gasteiger partial charge in [0.1, 0.15) is 0 Å². The number of hydrogen-bond acceptors (Lipinski definition) is 3. The minimum atomic E-state index is -3.31. The molecule has 0 aliphatic heterocycles. The molecule has 5 nitrogen and oxygen atoms in total. The first-order chi connectivity index (χ1) is 9.70. The van der Waals surface area contributed by atoms with Gasteiger partial charge in [0.05, 0.1) is 6.26 Å². The zero-order valence-corrected chi connectivity index (χ0v) is 13.9. The van der Waals surface area contributed by atoms with Gasteiger partial charge in [0, 0.05) is 25.6 Å². The zero-order valence-electron chi connectivity index (χ0n) is 13.1. The lowest BCUT2D eigenvalue weighted by molar-refractivity contribution is -0.123. The predicted octanol–water partition coefficient (Wildman–Crippen LogP) is 1.53. The number of nitrogens with zero attached hydrogens (tertiary/aromatic N) is 1. The lowest BCUT2D eigenvalue weighted by Gasteiger charge is -2.20. The van der Waals surface area contributed by atoms with E-state index in [0.717, 1.165) is 11.1 Å². The van der Waals surface area contributed by atoms with Crippen LogP contribution in [0.4, 0.5) is 0 Å². The molecule has 0 aromatic heterocycles.